The molecule has 2 aliphatic heterocycles. The predicted octanol–water partition coefficient (Wildman–Crippen LogP) is 2.27. The molecule has 2 aliphatic rings. The molecule has 0 saturated carbocycles. The maximum absolute atomic E-state index is 12.6. The third-order valence-electron chi connectivity index (χ3n) is 3.95. The summed E-state index contributed by atoms with van der Waals surface area (Å²) in [5.74, 6) is 0.141. The average molecular weight is 326 g/mol. The van der Waals surface area contributed by atoms with Gasteiger partial charge in [0, 0.05) is 19.5 Å². The van der Waals surface area contributed by atoms with Crippen molar-refractivity contribution in [1.29, 1.82) is 0 Å². The van der Waals surface area contributed by atoms with Gasteiger partial charge in [-0.2, -0.15) is 0 Å². The van der Waals surface area contributed by atoms with Crippen LogP contribution in [0.1, 0.15) is 48.0 Å². The molecular formula is C17H30N2O4. The summed E-state index contributed by atoms with van der Waals surface area (Å²) in [6.07, 6.45) is 0.0572. The molecule has 2 atom stereocenters. The fourth-order valence-corrected chi connectivity index (χ4v) is 3.03. The van der Waals surface area contributed by atoms with Crippen molar-refractivity contribution in [2.24, 2.45) is 5.41 Å². The van der Waals surface area contributed by atoms with Gasteiger partial charge in [-0.3, -0.25) is 4.79 Å². The molecule has 6 heteroatoms. The smallest absolute Gasteiger partial charge is 0.410 e. The number of likely N-dealkylation sites (tertiary alicyclic amines) is 1. The van der Waals surface area contributed by atoms with Crippen LogP contribution >= 0.6 is 0 Å². The molecule has 2 heterocycles. The molecule has 2 rings (SSSR count). The third-order valence-corrected chi connectivity index (χ3v) is 3.95. The Labute approximate surface area is 139 Å². The number of morpholine rings is 1. The van der Waals surface area contributed by atoms with Crippen LogP contribution in [0.5, 0.6) is 0 Å². The lowest BCUT2D eigenvalue weighted by Crippen LogP contribution is -2.53. The largest absolute Gasteiger partial charge is 0.444 e. The number of carbonyl (C=O) groups is 2. The Hall–Kier alpha value is -1.30. The Bertz CT molecular complexity index is 464. The first-order valence-corrected chi connectivity index (χ1v) is 8.35. The highest BCUT2D eigenvalue weighted by atomic mass is 16.6. The molecule has 23 heavy (non-hydrogen) atoms. The van der Waals surface area contributed by atoms with Gasteiger partial charge in [-0.05, 0) is 26.2 Å². The van der Waals surface area contributed by atoms with Crippen LogP contribution in [0.25, 0.3) is 0 Å². The van der Waals surface area contributed by atoms with E-state index in [1.165, 1.54) is 0 Å². The number of ether oxygens (including phenoxy) is 2. The number of carbonyl (C=O) groups excluding carboxylic acids is 2. The summed E-state index contributed by atoms with van der Waals surface area (Å²) in [7, 11) is 0. The van der Waals surface area contributed by atoms with Gasteiger partial charge in [0.1, 0.15) is 5.60 Å². The first-order valence-electron chi connectivity index (χ1n) is 8.35. The van der Waals surface area contributed by atoms with Gasteiger partial charge in [-0.25, -0.2) is 4.79 Å². The number of amides is 2. The van der Waals surface area contributed by atoms with E-state index in [1.54, 1.807) is 4.90 Å². The molecule has 0 bridgehead atoms. The van der Waals surface area contributed by atoms with Crippen LogP contribution in [-0.4, -0.2) is 65.8 Å². The maximum Gasteiger partial charge on any atom is 0.410 e. The summed E-state index contributed by atoms with van der Waals surface area (Å²) in [6.45, 7) is 13.8. The Kier molecular flexibility index (Phi) is 4.95. The lowest BCUT2D eigenvalue weighted by atomic mass is 9.91. The van der Waals surface area contributed by atoms with Crippen LogP contribution in [-0.2, 0) is 14.3 Å². The van der Waals surface area contributed by atoms with Gasteiger partial charge >= 0.3 is 6.09 Å². The quantitative estimate of drug-likeness (QED) is 0.742. The zero-order chi connectivity index (χ0) is 17.4. The molecule has 0 unspecified atom stereocenters. The third kappa shape index (κ3) is 4.83. The van der Waals surface area contributed by atoms with E-state index in [-0.39, 0.29) is 29.6 Å². The zero-order valence-corrected chi connectivity index (χ0v) is 15.2. The van der Waals surface area contributed by atoms with Gasteiger partial charge in [0.05, 0.1) is 25.3 Å². The minimum absolute atomic E-state index is 0.0473. The highest BCUT2D eigenvalue weighted by Gasteiger charge is 2.44. The number of hydrogen-bond donors (Lipinski definition) is 0. The van der Waals surface area contributed by atoms with E-state index in [0.29, 0.717) is 32.7 Å². The van der Waals surface area contributed by atoms with Crippen molar-refractivity contribution in [2.45, 2.75) is 65.7 Å². The van der Waals surface area contributed by atoms with Crippen LogP contribution in [0.4, 0.5) is 4.79 Å². The predicted molar refractivity (Wildman–Crippen MR) is 87.1 cm³/mol. The summed E-state index contributed by atoms with van der Waals surface area (Å²) in [6, 6.07) is -0.0638. The first-order chi connectivity index (χ1) is 10.5. The van der Waals surface area contributed by atoms with E-state index < -0.39 is 5.60 Å². The monoisotopic (exact) mass is 326 g/mol. The van der Waals surface area contributed by atoms with E-state index in [2.05, 4.69) is 20.8 Å². The number of rotatable bonds is 1. The van der Waals surface area contributed by atoms with E-state index >= 15 is 0 Å². The van der Waals surface area contributed by atoms with Crippen LogP contribution in [0.2, 0.25) is 0 Å². The van der Waals surface area contributed by atoms with E-state index in [4.69, 9.17) is 9.47 Å². The van der Waals surface area contributed by atoms with Crippen LogP contribution < -0.4 is 0 Å². The van der Waals surface area contributed by atoms with Crippen molar-refractivity contribution >= 4 is 12.0 Å². The highest BCUT2D eigenvalue weighted by molar-refractivity contribution is 5.78. The molecule has 0 aromatic heterocycles. The second-order valence-electron chi connectivity index (χ2n) is 8.69. The Morgan fingerprint density at radius 3 is 2.35 bits per heavy atom. The molecular weight excluding hydrogens is 296 g/mol. The molecule has 0 aromatic carbocycles. The zero-order valence-electron chi connectivity index (χ0n) is 15.2. The highest BCUT2D eigenvalue weighted by Crippen LogP contribution is 2.27. The van der Waals surface area contributed by atoms with E-state index in [0.717, 1.165) is 0 Å². The van der Waals surface area contributed by atoms with Gasteiger partial charge < -0.3 is 19.3 Å². The summed E-state index contributed by atoms with van der Waals surface area (Å²) in [4.78, 5) is 28.4. The summed E-state index contributed by atoms with van der Waals surface area (Å²) in [5.41, 5.74) is -0.568. The molecule has 2 amide bonds. The molecule has 6 nitrogen and oxygen atoms in total. The average Bonchev–Trinajstić information content (AvgIpc) is 2.77. The molecule has 0 N–H and O–H groups in total. The Balaban J connectivity index is 2.02. The van der Waals surface area contributed by atoms with Crippen molar-refractivity contribution in [3.8, 4) is 0 Å². The van der Waals surface area contributed by atoms with E-state index in [1.807, 2.05) is 25.7 Å². The summed E-state index contributed by atoms with van der Waals surface area (Å²) >= 11 is 0. The van der Waals surface area contributed by atoms with Gasteiger partial charge in [-0.1, -0.05) is 20.8 Å². The fourth-order valence-electron chi connectivity index (χ4n) is 3.03. The van der Waals surface area contributed by atoms with Gasteiger partial charge in [-0.15, -0.1) is 0 Å². The van der Waals surface area contributed by atoms with Crippen molar-refractivity contribution in [2.75, 3.05) is 26.2 Å². The molecule has 2 fully saturated rings. The van der Waals surface area contributed by atoms with Crippen molar-refractivity contribution < 1.29 is 19.1 Å². The maximum atomic E-state index is 12.6. The second kappa shape index (κ2) is 6.30. The minimum atomic E-state index is -0.520. The molecule has 2 saturated heterocycles. The van der Waals surface area contributed by atoms with Crippen molar-refractivity contribution in [3.63, 3.8) is 0 Å². The van der Waals surface area contributed by atoms with Gasteiger partial charge in [0.25, 0.3) is 0 Å². The van der Waals surface area contributed by atoms with Gasteiger partial charge in [0.15, 0.2) is 0 Å². The minimum Gasteiger partial charge on any atom is -0.444 e. The van der Waals surface area contributed by atoms with Crippen LogP contribution in [0.3, 0.4) is 0 Å². The molecule has 0 spiro atoms. The number of fused-ring (bicyclic) bond motifs is 1. The fraction of sp³-hybridized carbons (Fsp3) is 0.882. The lowest BCUT2D eigenvalue weighted by Gasteiger charge is -2.38. The summed E-state index contributed by atoms with van der Waals surface area (Å²) in [5, 5.41) is 0. The van der Waals surface area contributed by atoms with Crippen molar-refractivity contribution in [1.82, 2.24) is 9.80 Å². The lowest BCUT2D eigenvalue weighted by molar-refractivity contribution is -0.144. The molecule has 0 aromatic rings. The molecule has 0 aliphatic carbocycles. The summed E-state index contributed by atoms with van der Waals surface area (Å²) < 4.78 is 11.2. The SMILES string of the molecule is CC(C)(C)CC(=O)N1CCO[C@H]2CN(C(=O)OC(C)(C)C)C[C@H]21. The number of nitrogens with zero attached hydrogens (tertiary/aromatic N) is 2. The first kappa shape index (κ1) is 18.0. The molecule has 0 radical (unpaired) electrons. The van der Waals surface area contributed by atoms with Crippen LogP contribution in [0.15, 0.2) is 0 Å². The number of hydrogen-bond acceptors (Lipinski definition) is 4. The second-order valence-corrected chi connectivity index (χ2v) is 8.69. The van der Waals surface area contributed by atoms with E-state index in [9.17, 15) is 9.59 Å². The Morgan fingerprint density at radius 1 is 1.13 bits per heavy atom. The van der Waals surface area contributed by atoms with Gasteiger partial charge in [0.2, 0.25) is 5.91 Å². The Morgan fingerprint density at radius 2 is 1.78 bits per heavy atom. The molecule has 132 valence electrons. The van der Waals surface area contributed by atoms with Crippen molar-refractivity contribution in [3.05, 3.63) is 0 Å². The standard InChI is InChI=1S/C17H30N2O4/c1-16(2,3)9-14(20)19-7-8-22-13-11-18(10-12(13)19)15(21)23-17(4,5)6/h12-13H,7-11H2,1-6H3/t12-,13+/m1/s1. The normalized spacial score (nSPS) is 25.3. The van der Waals surface area contributed by atoms with Crippen LogP contribution in [0, 0.1) is 5.41 Å². The topological polar surface area (TPSA) is 59.1 Å².